The number of aryl methyl sites for hydroxylation is 2. The summed E-state index contributed by atoms with van der Waals surface area (Å²) in [6.07, 6.45) is 3.63. The molecule has 0 aliphatic rings. The van der Waals surface area contributed by atoms with E-state index in [0.717, 1.165) is 33.7 Å². The van der Waals surface area contributed by atoms with E-state index in [2.05, 4.69) is 46.0 Å². The smallest absolute Gasteiger partial charge is 0.165 e. The van der Waals surface area contributed by atoms with Crippen molar-refractivity contribution in [3.63, 3.8) is 0 Å². The zero-order valence-corrected chi connectivity index (χ0v) is 17.4. The molecule has 4 rings (SSSR count). The minimum Gasteiger partial charge on any atom is -0.338 e. The Morgan fingerprint density at radius 3 is 2.34 bits per heavy atom. The first-order valence-electron chi connectivity index (χ1n) is 9.61. The van der Waals surface area contributed by atoms with Crippen LogP contribution in [0.1, 0.15) is 37.9 Å². The molecule has 0 spiro atoms. The van der Waals surface area contributed by atoms with Gasteiger partial charge < -0.3 is 5.32 Å². The zero-order valence-electron chi connectivity index (χ0n) is 17.4. The van der Waals surface area contributed by atoms with Crippen LogP contribution in [0.2, 0.25) is 0 Å². The summed E-state index contributed by atoms with van der Waals surface area (Å²) in [5.41, 5.74) is 5.34. The van der Waals surface area contributed by atoms with Crippen molar-refractivity contribution in [3.05, 3.63) is 65.9 Å². The number of hydrogen-bond donors (Lipinski definition) is 1. The normalized spacial score (nSPS) is 11.6. The van der Waals surface area contributed by atoms with Crippen LogP contribution in [0.3, 0.4) is 0 Å². The van der Waals surface area contributed by atoms with Gasteiger partial charge in [-0.1, -0.05) is 20.8 Å². The molecule has 29 heavy (non-hydrogen) atoms. The van der Waals surface area contributed by atoms with Gasteiger partial charge in [0.15, 0.2) is 5.65 Å². The summed E-state index contributed by atoms with van der Waals surface area (Å²) in [5.74, 6) is 1.37. The molecule has 0 atom stereocenters. The molecule has 0 saturated carbocycles. The quantitative estimate of drug-likeness (QED) is 0.527. The molecule has 6 nitrogen and oxygen atoms in total. The lowest BCUT2D eigenvalue weighted by molar-refractivity contribution is 0.569. The maximum Gasteiger partial charge on any atom is 0.165 e. The van der Waals surface area contributed by atoms with E-state index in [1.165, 1.54) is 0 Å². The Hall–Kier alpha value is -3.41. The lowest BCUT2D eigenvalue weighted by atomic mass is 9.92. The maximum absolute atomic E-state index is 4.73. The Balaban J connectivity index is 1.71. The molecule has 0 bridgehead atoms. The highest BCUT2D eigenvalue weighted by Gasteiger charge is 2.15. The summed E-state index contributed by atoms with van der Waals surface area (Å²) in [7, 11) is 0. The fourth-order valence-electron chi connectivity index (χ4n) is 3.08. The van der Waals surface area contributed by atoms with Crippen LogP contribution in [-0.2, 0) is 5.41 Å². The van der Waals surface area contributed by atoms with Gasteiger partial charge in [-0.05, 0) is 55.8 Å². The minimum atomic E-state index is 0.0148. The SMILES string of the molecule is Cc1ccnc(-c2ccc3c(Nc4ccc(C(C)(C)C)nc4)nc(C)nc3n2)c1. The van der Waals surface area contributed by atoms with Crippen LogP contribution in [0, 0.1) is 13.8 Å². The van der Waals surface area contributed by atoms with E-state index in [1.807, 2.05) is 56.4 Å². The van der Waals surface area contributed by atoms with Gasteiger partial charge in [0.2, 0.25) is 0 Å². The van der Waals surface area contributed by atoms with Crippen LogP contribution in [0.15, 0.2) is 48.8 Å². The molecule has 4 heterocycles. The molecule has 4 aromatic heterocycles. The highest BCUT2D eigenvalue weighted by Crippen LogP contribution is 2.27. The van der Waals surface area contributed by atoms with Gasteiger partial charge in [0.05, 0.1) is 28.7 Å². The average Bonchev–Trinajstić information content (AvgIpc) is 2.67. The Labute approximate surface area is 170 Å². The number of aromatic nitrogens is 5. The van der Waals surface area contributed by atoms with Crippen molar-refractivity contribution in [1.82, 2.24) is 24.9 Å². The molecule has 0 aliphatic heterocycles. The number of hydrogen-bond acceptors (Lipinski definition) is 6. The number of nitrogens with one attached hydrogen (secondary N) is 1. The van der Waals surface area contributed by atoms with Gasteiger partial charge in [0.1, 0.15) is 11.6 Å². The van der Waals surface area contributed by atoms with Crippen LogP contribution < -0.4 is 5.32 Å². The topological polar surface area (TPSA) is 76.5 Å². The van der Waals surface area contributed by atoms with Crippen molar-refractivity contribution in [1.29, 1.82) is 0 Å². The molecule has 0 radical (unpaired) electrons. The van der Waals surface area contributed by atoms with E-state index in [-0.39, 0.29) is 5.41 Å². The summed E-state index contributed by atoms with van der Waals surface area (Å²) in [6.45, 7) is 10.4. The number of anilines is 2. The molecule has 0 aliphatic carbocycles. The van der Waals surface area contributed by atoms with Gasteiger partial charge in [-0.25, -0.2) is 15.0 Å². The highest BCUT2D eigenvalue weighted by atomic mass is 15.1. The largest absolute Gasteiger partial charge is 0.338 e. The van der Waals surface area contributed by atoms with Crippen molar-refractivity contribution in [2.75, 3.05) is 5.32 Å². The van der Waals surface area contributed by atoms with Crippen LogP contribution in [-0.4, -0.2) is 24.9 Å². The molecule has 0 aromatic carbocycles. The molecule has 4 aromatic rings. The first-order valence-corrected chi connectivity index (χ1v) is 9.61. The van der Waals surface area contributed by atoms with Gasteiger partial charge >= 0.3 is 0 Å². The molecule has 1 N–H and O–H groups in total. The monoisotopic (exact) mass is 384 g/mol. The Morgan fingerprint density at radius 1 is 0.828 bits per heavy atom. The summed E-state index contributed by atoms with van der Waals surface area (Å²) in [4.78, 5) is 22.8. The van der Waals surface area contributed by atoms with E-state index in [9.17, 15) is 0 Å². The lowest BCUT2D eigenvalue weighted by Crippen LogP contribution is -2.13. The predicted molar refractivity (Wildman–Crippen MR) is 116 cm³/mol. The summed E-state index contributed by atoms with van der Waals surface area (Å²) in [6, 6.07) is 12.0. The van der Waals surface area contributed by atoms with Gasteiger partial charge in [-0.15, -0.1) is 0 Å². The molecular weight excluding hydrogens is 360 g/mol. The summed E-state index contributed by atoms with van der Waals surface area (Å²) >= 11 is 0. The minimum absolute atomic E-state index is 0.0148. The standard InChI is InChI=1S/C23H24N6/c1-14-10-11-24-19(12-14)18-8-7-17-21(26-15(2)27-22(17)29-18)28-16-6-9-20(25-13-16)23(3,4)5/h6-13H,1-5H3,(H,26,27,28,29). The van der Waals surface area contributed by atoms with Gasteiger partial charge in [0, 0.05) is 17.3 Å². The van der Waals surface area contributed by atoms with E-state index in [1.54, 1.807) is 6.20 Å². The highest BCUT2D eigenvalue weighted by molar-refractivity contribution is 5.89. The number of rotatable bonds is 3. The zero-order chi connectivity index (χ0) is 20.6. The fraction of sp³-hybridized carbons (Fsp3) is 0.261. The maximum atomic E-state index is 4.73. The predicted octanol–water partition coefficient (Wildman–Crippen LogP) is 5.14. The fourth-order valence-corrected chi connectivity index (χ4v) is 3.08. The van der Waals surface area contributed by atoms with Crippen LogP contribution in [0.4, 0.5) is 11.5 Å². The second-order valence-corrected chi connectivity index (χ2v) is 8.21. The van der Waals surface area contributed by atoms with Gasteiger partial charge in [0.25, 0.3) is 0 Å². The molecule has 0 unspecified atom stereocenters. The second-order valence-electron chi connectivity index (χ2n) is 8.21. The Kier molecular flexibility index (Phi) is 4.70. The van der Waals surface area contributed by atoms with Crippen LogP contribution in [0.5, 0.6) is 0 Å². The molecule has 0 saturated heterocycles. The summed E-state index contributed by atoms with van der Waals surface area (Å²) in [5, 5.41) is 4.22. The number of fused-ring (bicyclic) bond motifs is 1. The van der Waals surface area contributed by atoms with E-state index >= 15 is 0 Å². The van der Waals surface area contributed by atoms with Crippen LogP contribution in [0.25, 0.3) is 22.4 Å². The summed E-state index contributed by atoms with van der Waals surface area (Å²) < 4.78 is 0. The first-order chi connectivity index (χ1) is 13.8. The van der Waals surface area contributed by atoms with Crippen molar-refractivity contribution in [2.24, 2.45) is 0 Å². The Morgan fingerprint density at radius 2 is 1.66 bits per heavy atom. The van der Waals surface area contributed by atoms with Gasteiger partial charge in [-0.3, -0.25) is 9.97 Å². The first kappa shape index (κ1) is 18.9. The van der Waals surface area contributed by atoms with Gasteiger partial charge in [-0.2, -0.15) is 0 Å². The lowest BCUT2D eigenvalue weighted by Gasteiger charge is -2.18. The third-order valence-corrected chi connectivity index (χ3v) is 4.64. The third-order valence-electron chi connectivity index (χ3n) is 4.64. The Bertz CT molecular complexity index is 1180. The molecular formula is C23H24N6. The van der Waals surface area contributed by atoms with Crippen molar-refractivity contribution in [2.45, 2.75) is 40.0 Å². The number of nitrogens with zero attached hydrogens (tertiary/aromatic N) is 5. The van der Waals surface area contributed by atoms with Crippen molar-refractivity contribution >= 4 is 22.5 Å². The van der Waals surface area contributed by atoms with E-state index in [0.29, 0.717) is 17.3 Å². The number of pyridine rings is 3. The van der Waals surface area contributed by atoms with Crippen molar-refractivity contribution < 1.29 is 0 Å². The third kappa shape index (κ3) is 4.06. The molecule has 0 amide bonds. The van der Waals surface area contributed by atoms with E-state index < -0.39 is 0 Å². The molecule has 146 valence electrons. The molecule has 6 heteroatoms. The van der Waals surface area contributed by atoms with Crippen molar-refractivity contribution in [3.8, 4) is 11.4 Å². The average molecular weight is 384 g/mol. The van der Waals surface area contributed by atoms with E-state index in [4.69, 9.17) is 4.98 Å². The molecule has 0 fully saturated rings. The van der Waals surface area contributed by atoms with Crippen LogP contribution >= 0.6 is 0 Å². The second kappa shape index (κ2) is 7.20.